The number of thioether (sulfide) groups is 1. The van der Waals surface area contributed by atoms with Gasteiger partial charge in [0, 0.05) is 5.75 Å². The molecule has 0 aliphatic heterocycles. The Bertz CT molecular complexity index is 535. The van der Waals surface area contributed by atoms with Gasteiger partial charge in [-0.2, -0.15) is 4.98 Å². The number of nitrogen functional groups attached to an aromatic ring is 1. The molecule has 5 heteroatoms. The van der Waals surface area contributed by atoms with Gasteiger partial charge in [-0.1, -0.05) is 55.9 Å². The van der Waals surface area contributed by atoms with Gasteiger partial charge < -0.3 is 10.8 Å². The van der Waals surface area contributed by atoms with Gasteiger partial charge in [0.25, 0.3) is 0 Å². The van der Waals surface area contributed by atoms with Crippen molar-refractivity contribution < 1.29 is 5.11 Å². The Balaban J connectivity index is 2.14. The lowest BCUT2D eigenvalue weighted by Crippen LogP contribution is -2.03. The highest BCUT2D eigenvalue weighted by Crippen LogP contribution is 2.31. The van der Waals surface area contributed by atoms with E-state index in [0.29, 0.717) is 16.5 Å². The van der Waals surface area contributed by atoms with Crippen LogP contribution in [0.2, 0.25) is 0 Å². The molecule has 0 fully saturated rings. The molecule has 100 valence electrons. The monoisotopic (exact) mass is 275 g/mol. The van der Waals surface area contributed by atoms with Gasteiger partial charge in [-0.25, -0.2) is 4.98 Å². The molecule has 2 rings (SSSR count). The smallest absolute Gasteiger partial charge is 0.220 e. The van der Waals surface area contributed by atoms with Crippen molar-refractivity contribution in [3.05, 3.63) is 41.5 Å². The third-order valence-corrected chi connectivity index (χ3v) is 3.64. The van der Waals surface area contributed by atoms with E-state index in [2.05, 4.69) is 9.97 Å². The molecule has 0 atom stereocenters. The summed E-state index contributed by atoms with van der Waals surface area (Å²) < 4.78 is 0. The molecule has 3 N–H and O–H groups in total. The minimum Gasteiger partial charge on any atom is -0.493 e. The summed E-state index contributed by atoms with van der Waals surface area (Å²) in [5.41, 5.74) is 7.67. The van der Waals surface area contributed by atoms with E-state index < -0.39 is 0 Å². The van der Waals surface area contributed by atoms with Crippen molar-refractivity contribution in [2.24, 2.45) is 0 Å². The first kappa shape index (κ1) is 13.7. The maximum Gasteiger partial charge on any atom is 0.220 e. The molecule has 2 aromatic rings. The predicted octanol–water partition coefficient (Wildman–Crippen LogP) is 3.18. The minimum atomic E-state index is -0.0157. The summed E-state index contributed by atoms with van der Waals surface area (Å²) in [7, 11) is 0. The van der Waals surface area contributed by atoms with Crippen LogP contribution in [0.1, 0.15) is 30.9 Å². The summed E-state index contributed by atoms with van der Waals surface area (Å²) in [6.07, 6.45) is 0. The predicted molar refractivity (Wildman–Crippen MR) is 78.2 cm³/mol. The lowest BCUT2D eigenvalue weighted by Gasteiger charge is -2.11. The van der Waals surface area contributed by atoms with Crippen LogP contribution in [0.15, 0.2) is 35.5 Å². The number of aromatic nitrogens is 2. The van der Waals surface area contributed by atoms with Crippen LogP contribution in [0, 0.1) is 0 Å². The fourth-order valence-corrected chi connectivity index (χ4v) is 2.60. The summed E-state index contributed by atoms with van der Waals surface area (Å²) in [6, 6.07) is 10.0. The third-order valence-electron chi connectivity index (χ3n) is 2.72. The lowest BCUT2D eigenvalue weighted by atomic mass is 10.1. The van der Waals surface area contributed by atoms with Crippen LogP contribution in [0.25, 0.3) is 0 Å². The SMILES string of the molecule is CC(C)c1c(N)nc(SCc2ccccc2)nc1O. The number of hydrogen-bond acceptors (Lipinski definition) is 5. The number of rotatable bonds is 4. The molecule has 0 amide bonds. The van der Waals surface area contributed by atoms with Gasteiger partial charge in [-0.3, -0.25) is 0 Å². The molecular formula is C14H17N3OS. The second-order valence-electron chi connectivity index (χ2n) is 4.56. The number of benzene rings is 1. The fraction of sp³-hybridized carbons (Fsp3) is 0.286. The summed E-state index contributed by atoms with van der Waals surface area (Å²) in [4.78, 5) is 8.34. The van der Waals surface area contributed by atoms with E-state index in [4.69, 9.17) is 5.73 Å². The van der Waals surface area contributed by atoms with E-state index >= 15 is 0 Å². The molecule has 0 aliphatic rings. The highest BCUT2D eigenvalue weighted by Gasteiger charge is 2.15. The number of hydrogen-bond donors (Lipinski definition) is 2. The van der Waals surface area contributed by atoms with Gasteiger partial charge in [-0.15, -0.1) is 0 Å². The van der Waals surface area contributed by atoms with E-state index in [9.17, 15) is 5.11 Å². The Kier molecular flexibility index (Phi) is 4.27. The second kappa shape index (κ2) is 5.93. The molecular weight excluding hydrogens is 258 g/mol. The molecule has 0 unspecified atom stereocenters. The van der Waals surface area contributed by atoms with Crippen LogP contribution in [0.4, 0.5) is 5.82 Å². The van der Waals surface area contributed by atoms with E-state index in [0.717, 1.165) is 5.75 Å². The van der Waals surface area contributed by atoms with E-state index in [1.54, 1.807) is 0 Å². The van der Waals surface area contributed by atoms with Crippen LogP contribution in [-0.4, -0.2) is 15.1 Å². The lowest BCUT2D eigenvalue weighted by molar-refractivity contribution is 0.435. The first-order valence-electron chi connectivity index (χ1n) is 6.11. The minimum absolute atomic E-state index is 0.0157. The Morgan fingerprint density at radius 2 is 1.89 bits per heavy atom. The van der Waals surface area contributed by atoms with Crippen molar-refractivity contribution in [2.45, 2.75) is 30.7 Å². The van der Waals surface area contributed by atoms with Crippen LogP contribution in [-0.2, 0) is 5.75 Å². The molecule has 1 heterocycles. The average Bonchev–Trinajstić information content (AvgIpc) is 2.36. The van der Waals surface area contributed by atoms with Crippen LogP contribution >= 0.6 is 11.8 Å². The largest absolute Gasteiger partial charge is 0.493 e. The van der Waals surface area contributed by atoms with Crippen LogP contribution in [0.5, 0.6) is 5.88 Å². The van der Waals surface area contributed by atoms with Gasteiger partial charge in [0.15, 0.2) is 5.16 Å². The number of nitrogens with zero attached hydrogens (tertiary/aromatic N) is 2. The molecule has 19 heavy (non-hydrogen) atoms. The van der Waals surface area contributed by atoms with Crippen molar-refractivity contribution in [1.82, 2.24) is 9.97 Å². The maximum absolute atomic E-state index is 9.90. The summed E-state index contributed by atoms with van der Waals surface area (Å²) >= 11 is 1.46. The zero-order valence-electron chi connectivity index (χ0n) is 11.0. The Hall–Kier alpha value is -1.75. The molecule has 0 saturated heterocycles. The highest BCUT2D eigenvalue weighted by molar-refractivity contribution is 7.98. The van der Waals surface area contributed by atoms with E-state index in [1.807, 2.05) is 44.2 Å². The summed E-state index contributed by atoms with van der Waals surface area (Å²) in [5.74, 6) is 1.20. The highest BCUT2D eigenvalue weighted by atomic mass is 32.2. The van der Waals surface area contributed by atoms with E-state index in [-0.39, 0.29) is 11.8 Å². The van der Waals surface area contributed by atoms with Gasteiger partial charge in [-0.05, 0) is 11.5 Å². The van der Waals surface area contributed by atoms with Crippen LogP contribution < -0.4 is 5.73 Å². The van der Waals surface area contributed by atoms with Gasteiger partial charge in [0.2, 0.25) is 5.88 Å². The Morgan fingerprint density at radius 1 is 1.21 bits per heavy atom. The van der Waals surface area contributed by atoms with Crippen molar-refractivity contribution in [3.63, 3.8) is 0 Å². The molecule has 0 spiro atoms. The van der Waals surface area contributed by atoms with E-state index in [1.165, 1.54) is 17.3 Å². The zero-order valence-corrected chi connectivity index (χ0v) is 11.8. The third kappa shape index (κ3) is 3.38. The molecule has 0 aliphatic carbocycles. The zero-order chi connectivity index (χ0) is 13.8. The number of aromatic hydroxyl groups is 1. The molecule has 1 aromatic heterocycles. The Labute approximate surface area is 117 Å². The summed E-state index contributed by atoms with van der Waals surface area (Å²) in [5, 5.41) is 10.4. The maximum atomic E-state index is 9.90. The fourth-order valence-electron chi connectivity index (χ4n) is 1.79. The first-order valence-corrected chi connectivity index (χ1v) is 7.09. The molecule has 0 bridgehead atoms. The standard InChI is InChI=1S/C14H17N3OS/c1-9(2)11-12(15)16-14(17-13(11)18)19-8-10-6-4-3-5-7-10/h3-7,9H,8H2,1-2H3,(H3,15,16,17,18). The van der Waals surface area contributed by atoms with Crippen LogP contribution in [0.3, 0.4) is 0 Å². The summed E-state index contributed by atoms with van der Waals surface area (Å²) in [6.45, 7) is 3.90. The van der Waals surface area contributed by atoms with Gasteiger partial charge in [0.05, 0.1) is 5.56 Å². The molecule has 1 aromatic carbocycles. The van der Waals surface area contributed by atoms with Crippen molar-refractivity contribution in [2.75, 3.05) is 5.73 Å². The number of anilines is 1. The van der Waals surface area contributed by atoms with Crippen molar-refractivity contribution >= 4 is 17.6 Å². The van der Waals surface area contributed by atoms with Crippen molar-refractivity contribution in [3.8, 4) is 5.88 Å². The van der Waals surface area contributed by atoms with Crippen molar-refractivity contribution in [1.29, 1.82) is 0 Å². The number of nitrogens with two attached hydrogens (primary N) is 1. The molecule has 0 saturated carbocycles. The van der Waals surface area contributed by atoms with Gasteiger partial charge >= 0.3 is 0 Å². The normalized spacial score (nSPS) is 10.9. The molecule has 4 nitrogen and oxygen atoms in total. The topological polar surface area (TPSA) is 72.0 Å². The molecule has 0 radical (unpaired) electrons. The Morgan fingerprint density at radius 3 is 2.47 bits per heavy atom. The average molecular weight is 275 g/mol. The van der Waals surface area contributed by atoms with Gasteiger partial charge in [0.1, 0.15) is 5.82 Å². The second-order valence-corrected chi connectivity index (χ2v) is 5.50. The first-order chi connectivity index (χ1) is 9.08. The quantitative estimate of drug-likeness (QED) is 0.662.